The number of hydrogen-bond donors (Lipinski definition) is 0. The molecule has 1 aliphatic heterocycles. The molecule has 1 aromatic heterocycles. The molecular weight excluding hydrogens is 362 g/mol. The van der Waals surface area contributed by atoms with E-state index in [1.54, 1.807) is 13.3 Å². The van der Waals surface area contributed by atoms with Gasteiger partial charge in [-0.2, -0.15) is 0 Å². The Hall–Kier alpha value is -3.21. The van der Waals surface area contributed by atoms with E-state index in [1.807, 2.05) is 24.3 Å². The van der Waals surface area contributed by atoms with Crippen LogP contribution in [0, 0.1) is 0 Å². The average molecular weight is 385 g/mol. The molecular formula is C24H23N3O2. The minimum absolute atomic E-state index is 0.127. The molecule has 0 bridgehead atoms. The highest BCUT2D eigenvalue weighted by atomic mass is 16.5. The zero-order chi connectivity index (χ0) is 19.8. The molecule has 146 valence electrons. The van der Waals surface area contributed by atoms with Crippen LogP contribution in [-0.2, 0) is 19.4 Å². The Bertz CT molecular complexity index is 1060. The van der Waals surface area contributed by atoms with Crippen molar-refractivity contribution in [2.24, 2.45) is 0 Å². The van der Waals surface area contributed by atoms with E-state index in [0.717, 1.165) is 48.9 Å². The molecule has 0 amide bonds. The van der Waals surface area contributed by atoms with Crippen LogP contribution < -0.4 is 9.64 Å². The summed E-state index contributed by atoms with van der Waals surface area (Å²) in [5.74, 6) is 1.82. The number of carbonyl (C=O) groups excluding carboxylic acids is 1. The molecule has 0 fully saturated rings. The number of ketones is 1. The van der Waals surface area contributed by atoms with Gasteiger partial charge in [0.05, 0.1) is 18.4 Å². The van der Waals surface area contributed by atoms with Crippen LogP contribution in [-0.4, -0.2) is 29.4 Å². The number of fused-ring (bicyclic) bond motifs is 2. The molecule has 5 rings (SSSR count). The monoisotopic (exact) mass is 385 g/mol. The summed E-state index contributed by atoms with van der Waals surface area (Å²) in [5, 5.41) is 0. The number of ether oxygens (including phenoxy) is 1. The van der Waals surface area contributed by atoms with Gasteiger partial charge in [0.2, 0.25) is 5.95 Å². The van der Waals surface area contributed by atoms with Crippen molar-refractivity contribution < 1.29 is 9.53 Å². The summed E-state index contributed by atoms with van der Waals surface area (Å²) >= 11 is 0. The third-order valence-corrected chi connectivity index (χ3v) is 6.03. The molecule has 0 saturated carbocycles. The fourth-order valence-electron chi connectivity index (χ4n) is 4.37. The summed E-state index contributed by atoms with van der Waals surface area (Å²) in [6, 6.07) is 16.5. The maximum Gasteiger partial charge on any atom is 0.225 e. The van der Waals surface area contributed by atoms with Crippen molar-refractivity contribution in [2.75, 3.05) is 18.6 Å². The second kappa shape index (κ2) is 7.32. The van der Waals surface area contributed by atoms with Crippen molar-refractivity contribution in [1.82, 2.24) is 9.97 Å². The lowest BCUT2D eigenvalue weighted by Crippen LogP contribution is -2.32. The lowest BCUT2D eigenvalue weighted by Gasteiger charge is -2.30. The highest BCUT2D eigenvalue weighted by Crippen LogP contribution is 2.33. The van der Waals surface area contributed by atoms with E-state index < -0.39 is 0 Å². The molecule has 0 radical (unpaired) electrons. The number of hydrogen-bond acceptors (Lipinski definition) is 5. The number of benzene rings is 2. The van der Waals surface area contributed by atoms with E-state index in [2.05, 4.69) is 34.1 Å². The Morgan fingerprint density at radius 1 is 1.03 bits per heavy atom. The van der Waals surface area contributed by atoms with Crippen molar-refractivity contribution in [3.8, 4) is 5.75 Å². The predicted octanol–water partition coefficient (Wildman–Crippen LogP) is 3.96. The van der Waals surface area contributed by atoms with Gasteiger partial charge in [0.25, 0.3) is 0 Å². The maximum absolute atomic E-state index is 12.7. The number of aromatic nitrogens is 2. The van der Waals surface area contributed by atoms with Gasteiger partial charge in [-0.1, -0.05) is 36.4 Å². The fourth-order valence-corrected chi connectivity index (χ4v) is 4.37. The van der Waals surface area contributed by atoms with E-state index in [0.29, 0.717) is 12.0 Å². The van der Waals surface area contributed by atoms with E-state index in [9.17, 15) is 4.79 Å². The minimum Gasteiger partial charge on any atom is -0.497 e. The van der Waals surface area contributed by atoms with Gasteiger partial charge in [0.1, 0.15) is 5.75 Å². The highest BCUT2D eigenvalue weighted by Gasteiger charge is 2.29. The van der Waals surface area contributed by atoms with Crippen molar-refractivity contribution in [2.45, 2.75) is 31.7 Å². The summed E-state index contributed by atoms with van der Waals surface area (Å²) < 4.78 is 5.25. The summed E-state index contributed by atoms with van der Waals surface area (Å²) in [6.45, 7) is 1.70. The third kappa shape index (κ3) is 3.37. The van der Waals surface area contributed by atoms with Gasteiger partial charge in [-0.25, -0.2) is 9.97 Å². The number of carbonyl (C=O) groups is 1. The standard InChI is InChI=1S/C24H23N3O2/c1-29-20-8-6-17(7-9-20)19-12-22-21(23(28)13-19)14-25-24(26-22)27-11-10-16-4-2-3-5-18(16)15-27/h2-9,14,19H,10-13,15H2,1H3/t19-/m1/s1. The molecule has 29 heavy (non-hydrogen) atoms. The first kappa shape index (κ1) is 17.9. The van der Waals surface area contributed by atoms with E-state index >= 15 is 0 Å². The van der Waals surface area contributed by atoms with Crippen molar-refractivity contribution >= 4 is 11.7 Å². The molecule has 0 spiro atoms. The molecule has 1 aliphatic carbocycles. The average Bonchev–Trinajstić information content (AvgIpc) is 2.78. The Kier molecular flexibility index (Phi) is 4.51. The smallest absolute Gasteiger partial charge is 0.225 e. The second-order valence-electron chi connectivity index (χ2n) is 7.77. The quantitative estimate of drug-likeness (QED) is 0.683. The molecule has 5 nitrogen and oxygen atoms in total. The third-order valence-electron chi connectivity index (χ3n) is 6.03. The molecule has 1 atom stereocenters. The first-order valence-corrected chi connectivity index (χ1v) is 10.1. The largest absolute Gasteiger partial charge is 0.497 e. The summed E-state index contributed by atoms with van der Waals surface area (Å²) in [6.07, 6.45) is 3.97. The van der Waals surface area contributed by atoms with Crippen LogP contribution in [0.2, 0.25) is 0 Å². The minimum atomic E-state index is 0.127. The van der Waals surface area contributed by atoms with Gasteiger partial charge in [-0.05, 0) is 47.6 Å². The van der Waals surface area contributed by atoms with Crippen LogP contribution in [0.3, 0.4) is 0 Å². The lowest BCUT2D eigenvalue weighted by molar-refractivity contribution is 0.0962. The first-order valence-electron chi connectivity index (χ1n) is 10.1. The Morgan fingerprint density at radius 2 is 1.83 bits per heavy atom. The van der Waals surface area contributed by atoms with Crippen molar-refractivity contribution in [3.63, 3.8) is 0 Å². The zero-order valence-corrected chi connectivity index (χ0v) is 16.5. The van der Waals surface area contributed by atoms with Crippen molar-refractivity contribution in [3.05, 3.63) is 82.7 Å². The Labute approximate surface area is 170 Å². The predicted molar refractivity (Wildman–Crippen MR) is 112 cm³/mol. The molecule has 5 heteroatoms. The zero-order valence-electron chi connectivity index (χ0n) is 16.5. The van der Waals surface area contributed by atoms with Crippen LogP contribution in [0.1, 0.15) is 45.1 Å². The number of methoxy groups -OCH3 is 1. The van der Waals surface area contributed by atoms with Gasteiger partial charge in [-0.15, -0.1) is 0 Å². The van der Waals surface area contributed by atoms with Gasteiger partial charge in [-0.3, -0.25) is 4.79 Å². The van der Waals surface area contributed by atoms with Gasteiger partial charge < -0.3 is 9.64 Å². The molecule has 0 N–H and O–H groups in total. The molecule has 2 heterocycles. The highest BCUT2D eigenvalue weighted by molar-refractivity contribution is 5.98. The topological polar surface area (TPSA) is 55.3 Å². The van der Waals surface area contributed by atoms with E-state index in [1.165, 1.54) is 11.1 Å². The van der Waals surface area contributed by atoms with Gasteiger partial charge in [0.15, 0.2) is 5.78 Å². The summed E-state index contributed by atoms with van der Waals surface area (Å²) in [4.78, 5) is 24.3. The van der Waals surface area contributed by atoms with E-state index in [4.69, 9.17) is 9.72 Å². The normalized spacial score (nSPS) is 18.2. The van der Waals surface area contributed by atoms with Crippen LogP contribution in [0.25, 0.3) is 0 Å². The maximum atomic E-state index is 12.7. The Balaban J connectivity index is 1.41. The lowest BCUT2D eigenvalue weighted by atomic mass is 9.82. The molecule has 0 saturated heterocycles. The Morgan fingerprint density at radius 3 is 2.62 bits per heavy atom. The fraction of sp³-hybridized carbons (Fsp3) is 0.292. The summed E-state index contributed by atoms with van der Waals surface area (Å²) in [7, 11) is 1.66. The number of Topliss-reactive ketones (excluding diaryl/α,β-unsaturated/α-hetero) is 1. The van der Waals surface area contributed by atoms with Gasteiger partial charge in [0, 0.05) is 25.7 Å². The van der Waals surface area contributed by atoms with Crippen molar-refractivity contribution in [1.29, 1.82) is 0 Å². The van der Waals surface area contributed by atoms with Crippen LogP contribution in [0.15, 0.2) is 54.7 Å². The SMILES string of the molecule is COc1ccc([C@H]2CC(=O)c3cnc(N4CCc5ccccc5C4)nc3C2)cc1. The van der Waals surface area contributed by atoms with Crippen LogP contribution >= 0.6 is 0 Å². The number of nitrogens with zero attached hydrogens (tertiary/aromatic N) is 3. The first-order chi connectivity index (χ1) is 14.2. The number of anilines is 1. The van der Waals surface area contributed by atoms with Crippen LogP contribution in [0.4, 0.5) is 5.95 Å². The van der Waals surface area contributed by atoms with Crippen LogP contribution in [0.5, 0.6) is 5.75 Å². The second-order valence-corrected chi connectivity index (χ2v) is 7.77. The molecule has 0 unspecified atom stereocenters. The molecule has 2 aliphatic rings. The number of rotatable bonds is 3. The van der Waals surface area contributed by atoms with E-state index in [-0.39, 0.29) is 11.7 Å². The molecule has 2 aromatic carbocycles. The summed E-state index contributed by atoms with van der Waals surface area (Å²) in [5.41, 5.74) is 5.42. The molecule has 3 aromatic rings. The van der Waals surface area contributed by atoms with Gasteiger partial charge >= 0.3 is 0 Å².